The summed E-state index contributed by atoms with van der Waals surface area (Å²) in [5, 5.41) is 23.3. The maximum Gasteiger partial charge on any atom is 0.412 e. The van der Waals surface area contributed by atoms with Crippen molar-refractivity contribution >= 4 is 49.8 Å². The second-order valence-corrected chi connectivity index (χ2v) is 17.8. The van der Waals surface area contributed by atoms with Crippen LogP contribution in [0.1, 0.15) is 58.1 Å². The molecule has 20 heteroatoms. The predicted molar refractivity (Wildman–Crippen MR) is 254 cm³/mol. The van der Waals surface area contributed by atoms with Crippen LogP contribution in [0.4, 0.5) is 20.6 Å². The van der Waals surface area contributed by atoms with Gasteiger partial charge in [0.25, 0.3) is 11.8 Å². The van der Waals surface area contributed by atoms with Gasteiger partial charge in [-0.25, -0.2) is 13.8 Å². The minimum Gasteiger partial charge on any atom is -0.496 e. The van der Waals surface area contributed by atoms with Crippen LogP contribution < -0.4 is 38.2 Å². The van der Waals surface area contributed by atoms with Crippen LogP contribution in [-0.2, 0) is 27.4 Å². The normalized spacial score (nSPS) is 13.1. The van der Waals surface area contributed by atoms with Gasteiger partial charge in [0.05, 0.1) is 85.1 Å². The molecule has 1 fully saturated rings. The zero-order valence-electron chi connectivity index (χ0n) is 39.5. The number of carbonyl (C=O) groups is 1. The number of benzene rings is 2. The average molecular weight is 957 g/mol. The van der Waals surface area contributed by atoms with Crippen LogP contribution in [0.15, 0.2) is 35.0 Å². The van der Waals surface area contributed by atoms with Crippen LogP contribution in [0.3, 0.4) is 0 Å². The van der Waals surface area contributed by atoms with Gasteiger partial charge in [-0.15, -0.1) is 32.9 Å². The molecule has 0 radical (unpaired) electrons. The molecule has 0 aliphatic carbocycles. The van der Waals surface area contributed by atoms with Crippen LogP contribution in [-0.4, -0.2) is 125 Å². The van der Waals surface area contributed by atoms with E-state index >= 15 is 0 Å². The number of amides is 1. The third-order valence-corrected chi connectivity index (χ3v) is 12.8. The molecule has 4 aromatic heterocycles. The molecule has 0 unspecified atom stereocenters. The van der Waals surface area contributed by atoms with Crippen molar-refractivity contribution in [1.82, 2.24) is 19.2 Å². The van der Waals surface area contributed by atoms with Crippen LogP contribution in [0, 0.1) is 0 Å². The Morgan fingerprint density at radius 1 is 0.773 bits per heavy atom. The third kappa shape index (κ3) is 10.2. The van der Waals surface area contributed by atoms with Crippen molar-refractivity contribution in [2.24, 2.45) is 0 Å². The number of aromatic nitrogens is 4. The van der Waals surface area contributed by atoms with Gasteiger partial charge in [-0.2, -0.15) is 0 Å². The molecule has 0 spiro atoms. The molecule has 2 aromatic carbocycles. The van der Waals surface area contributed by atoms with E-state index in [0.29, 0.717) is 96.7 Å². The third-order valence-electron chi connectivity index (χ3n) is 10.9. The Bertz CT molecular complexity index is 2510. The number of halogens is 1. The summed E-state index contributed by atoms with van der Waals surface area (Å²) in [6.45, 7) is 10.5. The smallest absolute Gasteiger partial charge is 0.412 e. The van der Waals surface area contributed by atoms with E-state index in [0.717, 1.165) is 45.7 Å². The van der Waals surface area contributed by atoms with E-state index in [-0.39, 0.29) is 18.6 Å². The summed E-state index contributed by atoms with van der Waals surface area (Å²) < 4.78 is 67.2. The molecule has 0 atom stereocenters. The van der Waals surface area contributed by atoms with Gasteiger partial charge in [0.15, 0.2) is 0 Å². The molecule has 1 saturated heterocycles. The van der Waals surface area contributed by atoms with Crippen molar-refractivity contribution in [1.29, 1.82) is 0 Å². The first kappa shape index (κ1) is 49.9. The number of hydrogen-bond donors (Lipinski definition) is 1. The lowest BCUT2D eigenvalue weighted by molar-refractivity contribution is 0.0842. The highest BCUT2D eigenvalue weighted by atomic mass is 32.1. The fraction of sp³-hybridized carbons (Fsp3) is 0.500. The number of carboxylic acid groups (broad SMARTS) is 1. The number of ether oxygens (including phenoxy) is 9. The molecule has 0 bridgehead atoms. The van der Waals surface area contributed by atoms with Gasteiger partial charge >= 0.3 is 6.09 Å². The Hall–Kier alpha value is -5.54. The first-order valence-electron chi connectivity index (χ1n) is 21.4. The number of alkyl halides is 1. The van der Waals surface area contributed by atoms with Crippen molar-refractivity contribution in [3.05, 3.63) is 46.2 Å². The molecule has 0 saturated carbocycles. The quantitative estimate of drug-likeness (QED) is 0.0817. The summed E-state index contributed by atoms with van der Waals surface area (Å²) in [5.74, 6) is 3.27. The van der Waals surface area contributed by atoms with Gasteiger partial charge in [0.2, 0.25) is 0 Å². The molecule has 7 rings (SSSR count). The highest BCUT2D eigenvalue weighted by Gasteiger charge is 2.36. The second-order valence-electron chi connectivity index (χ2n) is 16.1. The lowest BCUT2D eigenvalue weighted by atomic mass is 10.1. The van der Waals surface area contributed by atoms with E-state index in [1.165, 1.54) is 23.3 Å². The maximum absolute atomic E-state index is 13.2. The molecule has 360 valence electrons. The van der Waals surface area contributed by atoms with E-state index in [4.69, 9.17) is 47.7 Å². The van der Waals surface area contributed by atoms with E-state index in [9.17, 15) is 14.3 Å². The van der Waals surface area contributed by atoms with Crippen molar-refractivity contribution < 1.29 is 56.9 Å². The molecule has 5 heterocycles. The molecule has 17 nitrogen and oxygen atoms in total. The number of thiazole rings is 2. The van der Waals surface area contributed by atoms with Gasteiger partial charge in [-0.3, -0.25) is 9.29 Å². The standard InChI is InChI=1S/C24H32FN3O5S.C22H29N3O6S/c1-29-14-16-12-19(30-2)21(20(13-16)31-3)18-15-34-24-22(23(32-4)26-28(18)24)27(9-5-8-25)17-6-10-33-11-7-17;1-8-31-11-13-9-15(28-5)17(16(10-13)29-6)14-12-32-20-18(19(30-7)23-25(14)20)24(21(26)27)22(2,3)4/h12-13,15,17H,5-11,14H2,1-4H3;9-10,12H,8,11H2,1-7H3,(H,26,27). The van der Waals surface area contributed by atoms with Gasteiger partial charge in [0, 0.05) is 55.8 Å². The van der Waals surface area contributed by atoms with Crippen molar-refractivity contribution in [2.45, 2.75) is 71.8 Å². The number of hydrogen-bond acceptors (Lipinski definition) is 15. The summed E-state index contributed by atoms with van der Waals surface area (Å²) in [4.78, 5) is 17.2. The summed E-state index contributed by atoms with van der Waals surface area (Å²) in [6, 6.07) is 7.93. The highest BCUT2D eigenvalue weighted by Crippen LogP contribution is 2.48. The zero-order chi connectivity index (χ0) is 47.7. The molecule has 1 amide bonds. The van der Waals surface area contributed by atoms with Crippen LogP contribution in [0.2, 0.25) is 0 Å². The number of fused-ring (bicyclic) bond motifs is 2. The Morgan fingerprint density at radius 2 is 1.24 bits per heavy atom. The number of rotatable bonds is 19. The van der Waals surface area contributed by atoms with Crippen molar-refractivity contribution in [3.63, 3.8) is 0 Å². The Labute approximate surface area is 392 Å². The van der Waals surface area contributed by atoms with Crippen LogP contribution in [0.25, 0.3) is 32.2 Å². The topological polar surface area (TPSA) is 161 Å². The van der Waals surface area contributed by atoms with E-state index in [2.05, 4.69) is 10.00 Å². The first-order chi connectivity index (χ1) is 31.8. The Morgan fingerprint density at radius 3 is 1.65 bits per heavy atom. The fourth-order valence-corrected chi connectivity index (χ4v) is 10.0. The minimum atomic E-state index is -1.09. The van der Waals surface area contributed by atoms with Crippen molar-refractivity contribution in [2.75, 3.05) is 92.6 Å². The summed E-state index contributed by atoms with van der Waals surface area (Å²) in [5.41, 5.74) is 5.49. The van der Waals surface area contributed by atoms with Crippen molar-refractivity contribution in [3.8, 4) is 57.3 Å². The largest absolute Gasteiger partial charge is 0.496 e. The number of methoxy groups -OCH3 is 7. The Balaban J connectivity index is 0.000000219. The van der Waals surface area contributed by atoms with E-state index in [1.807, 2.05) is 67.2 Å². The lowest BCUT2D eigenvalue weighted by Gasteiger charge is -2.35. The summed E-state index contributed by atoms with van der Waals surface area (Å²) >= 11 is 2.94. The first-order valence-corrected chi connectivity index (χ1v) is 23.2. The van der Waals surface area contributed by atoms with E-state index in [1.54, 1.807) is 58.5 Å². The van der Waals surface area contributed by atoms with E-state index < -0.39 is 11.6 Å². The summed E-state index contributed by atoms with van der Waals surface area (Å²) in [6.07, 6.45) is 1.12. The van der Waals surface area contributed by atoms with Crippen LogP contribution >= 0.6 is 22.7 Å². The predicted octanol–water partition coefficient (Wildman–Crippen LogP) is 9.49. The van der Waals surface area contributed by atoms with Gasteiger partial charge < -0.3 is 52.6 Å². The molecule has 6 aromatic rings. The minimum absolute atomic E-state index is 0.223. The van der Waals surface area contributed by atoms with Gasteiger partial charge in [0.1, 0.15) is 44.0 Å². The lowest BCUT2D eigenvalue weighted by Crippen LogP contribution is -2.45. The Kier molecular flexibility index (Phi) is 16.9. The summed E-state index contributed by atoms with van der Waals surface area (Å²) in [7, 11) is 11.2. The fourth-order valence-electron chi connectivity index (χ4n) is 8.07. The monoisotopic (exact) mass is 956 g/mol. The molecule has 1 aliphatic heterocycles. The highest BCUT2D eigenvalue weighted by molar-refractivity contribution is 7.17. The molecule has 1 aliphatic rings. The molecular formula is C46H61FN6O11S2. The maximum atomic E-state index is 13.2. The SMILES string of the molecule is CCOCc1cc(OC)c(-c2csc3c(N(C(=O)O)C(C)(C)C)c(OC)nn23)c(OC)c1.COCc1cc(OC)c(-c2csc3c(N(CCCF)C4CCOCC4)c(OC)nn23)c(OC)c1. The molecular weight excluding hydrogens is 896 g/mol. The van der Waals surface area contributed by atoms with Gasteiger partial charge in [-0.1, -0.05) is 0 Å². The van der Waals surface area contributed by atoms with Gasteiger partial charge in [-0.05, 0) is 82.3 Å². The van der Waals surface area contributed by atoms with Crippen LogP contribution in [0.5, 0.6) is 34.8 Å². The molecule has 1 N–H and O–H groups in total. The zero-order valence-corrected chi connectivity index (χ0v) is 41.2. The molecule has 66 heavy (non-hydrogen) atoms. The average Bonchev–Trinajstić information content (AvgIpc) is 4.09. The number of nitrogens with zero attached hydrogens (tertiary/aromatic N) is 6. The second kappa shape index (κ2) is 22.3. The number of anilines is 2.